The summed E-state index contributed by atoms with van der Waals surface area (Å²) in [5.74, 6) is -0.324. The van der Waals surface area contributed by atoms with Crippen molar-refractivity contribution in [2.75, 3.05) is 6.54 Å². The second-order valence-corrected chi connectivity index (χ2v) is 6.10. The molecule has 0 spiro atoms. The summed E-state index contributed by atoms with van der Waals surface area (Å²) in [4.78, 5) is 22.4. The standard InChI is InChI=1S/C16H27N3O3/c1-11(2)10-19-13(4)14(12(3)18-19)9-15(20)17-8-6-5-7-16(21)22/h11H,5-10H2,1-4H3,(H,17,20)(H,21,22). The van der Waals surface area contributed by atoms with E-state index >= 15 is 0 Å². The molecule has 1 aromatic rings. The van der Waals surface area contributed by atoms with E-state index in [0.717, 1.165) is 23.5 Å². The number of hydrogen-bond acceptors (Lipinski definition) is 3. The summed E-state index contributed by atoms with van der Waals surface area (Å²) >= 11 is 0. The van der Waals surface area contributed by atoms with Crippen LogP contribution >= 0.6 is 0 Å². The van der Waals surface area contributed by atoms with Crippen LogP contribution in [0.2, 0.25) is 0 Å². The van der Waals surface area contributed by atoms with Gasteiger partial charge in [0, 0.05) is 30.8 Å². The number of carboxylic acids is 1. The molecule has 0 aliphatic rings. The van der Waals surface area contributed by atoms with Crippen molar-refractivity contribution < 1.29 is 14.7 Å². The molecule has 1 rings (SSSR count). The van der Waals surface area contributed by atoms with Crippen molar-refractivity contribution in [1.29, 1.82) is 0 Å². The molecule has 1 heterocycles. The Bertz CT molecular complexity index is 521. The Hall–Kier alpha value is -1.85. The quantitative estimate of drug-likeness (QED) is 0.684. The van der Waals surface area contributed by atoms with Crippen molar-refractivity contribution in [3.63, 3.8) is 0 Å². The Balaban J connectivity index is 2.47. The molecule has 0 atom stereocenters. The lowest BCUT2D eigenvalue weighted by Gasteiger charge is -2.08. The zero-order valence-corrected chi connectivity index (χ0v) is 14.0. The van der Waals surface area contributed by atoms with Crippen molar-refractivity contribution in [3.8, 4) is 0 Å². The number of nitrogens with one attached hydrogen (secondary N) is 1. The lowest BCUT2D eigenvalue weighted by atomic mass is 10.1. The van der Waals surface area contributed by atoms with Crippen LogP contribution in [0.5, 0.6) is 0 Å². The highest BCUT2D eigenvalue weighted by Crippen LogP contribution is 2.15. The van der Waals surface area contributed by atoms with E-state index in [1.54, 1.807) is 0 Å². The van der Waals surface area contributed by atoms with Gasteiger partial charge in [0.2, 0.25) is 5.91 Å². The average Bonchev–Trinajstić information content (AvgIpc) is 2.65. The van der Waals surface area contributed by atoms with Crippen LogP contribution in [-0.2, 0) is 22.6 Å². The molecule has 0 saturated heterocycles. The summed E-state index contributed by atoms with van der Waals surface area (Å²) in [6.07, 6.45) is 1.74. The predicted molar refractivity (Wildman–Crippen MR) is 84.7 cm³/mol. The summed E-state index contributed by atoms with van der Waals surface area (Å²) in [6.45, 7) is 9.57. The fourth-order valence-electron chi connectivity index (χ4n) is 2.37. The summed E-state index contributed by atoms with van der Waals surface area (Å²) in [7, 11) is 0. The molecule has 1 aromatic heterocycles. The molecule has 0 aliphatic heterocycles. The molecule has 0 aromatic carbocycles. The number of hydrogen-bond donors (Lipinski definition) is 2. The molecule has 22 heavy (non-hydrogen) atoms. The third kappa shape index (κ3) is 5.87. The van der Waals surface area contributed by atoms with Gasteiger partial charge in [-0.05, 0) is 32.6 Å². The molecule has 6 heteroatoms. The minimum Gasteiger partial charge on any atom is -0.481 e. The maximum absolute atomic E-state index is 12.0. The topological polar surface area (TPSA) is 84.2 Å². The van der Waals surface area contributed by atoms with Gasteiger partial charge in [-0.3, -0.25) is 14.3 Å². The van der Waals surface area contributed by atoms with E-state index in [9.17, 15) is 9.59 Å². The van der Waals surface area contributed by atoms with Crippen molar-refractivity contribution in [1.82, 2.24) is 15.1 Å². The van der Waals surface area contributed by atoms with Gasteiger partial charge in [-0.15, -0.1) is 0 Å². The number of unbranched alkanes of at least 4 members (excludes halogenated alkanes) is 1. The van der Waals surface area contributed by atoms with Crippen LogP contribution in [0.3, 0.4) is 0 Å². The fourth-order valence-corrected chi connectivity index (χ4v) is 2.37. The molecule has 1 amide bonds. The number of carbonyl (C=O) groups excluding carboxylic acids is 1. The number of amides is 1. The van der Waals surface area contributed by atoms with Crippen LogP contribution in [0.25, 0.3) is 0 Å². The Morgan fingerprint density at radius 1 is 1.27 bits per heavy atom. The number of aryl methyl sites for hydroxylation is 1. The largest absolute Gasteiger partial charge is 0.481 e. The number of aliphatic carboxylic acids is 1. The fraction of sp³-hybridized carbons (Fsp3) is 0.688. The van der Waals surface area contributed by atoms with Gasteiger partial charge in [0.1, 0.15) is 0 Å². The molecule has 0 fully saturated rings. The highest BCUT2D eigenvalue weighted by Gasteiger charge is 2.15. The molecule has 6 nitrogen and oxygen atoms in total. The third-order valence-electron chi connectivity index (χ3n) is 3.55. The smallest absolute Gasteiger partial charge is 0.303 e. The lowest BCUT2D eigenvalue weighted by Crippen LogP contribution is -2.26. The van der Waals surface area contributed by atoms with Gasteiger partial charge in [-0.25, -0.2) is 0 Å². The first-order valence-electron chi connectivity index (χ1n) is 7.82. The zero-order chi connectivity index (χ0) is 16.7. The molecule has 0 bridgehead atoms. The molecule has 124 valence electrons. The molecular weight excluding hydrogens is 282 g/mol. The van der Waals surface area contributed by atoms with E-state index in [4.69, 9.17) is 5.11 Å². The Morgan fingerprint density at radius 3 is 2.55 bits per heavy atom. The van der Waals surface area contributed by atoms with E-state index in [2.05, 4.69) is 24.3 Å². The van der Waals surface area contributed by atoms with Gasteiger partial charge in [0.15, 0.2) is 0 Å². The maximum atomic E-state index is 12.0. The van der Waals surface area contributed by atoms with E-state index in [-0.39, 0.29) is 12.3 Å². The van der Waals surface area contributed by atoms with E-state index in [1.165, 1.54) is 0 Å². The van der Waals surface area contributed by atoms with Crippen molar-refractivity contribution in [3.05, 3.63) is 17.0 Å². The molecule has 0 unspecified atom stereocenters. The lowest BCUT2D eigenvalue weighted by molar-refractivity contribution is -0.137. The molecule has 0 radical (unpaired) electrons. The Labute approximate surface area is 131 Å². The van der Waals surface area contributed by atoms with Gasteiger partial charge in [0.05, 0.1) is 12.1 Å². The second-order valence-electron chi connectivity index (χ2n) is 6.10. The van der Waals surface area contributed by atoms with Crippen LogP contribution in [0.4, 0.5) is 0 Å². The monoisotopic (exact) mass is 309 g/mol. The molecule has 2 N–H and O–H groups in total. The summed E-state index contributed by atoms with van der Waals surface area (Å²) in [5, 5.41) is 15.9. The van der Waals surface area contributed by atoms with Crippen molar-refractivity contribution >= 4 is 11.9 Å². The first-order chi connectivity index (χ1) is 10.3. The highest BCUT2D eigenvalue weighted by atomic mass is 16.4. The zero-order valence-electron chi connectivity index (χ0n) is 14.0. The van der Waals surface area contributed by atoms with Crippen LogP contribution in [0.1, 0.15) is 50.1 Å². The van der Waals surface area contributed by atoms with Gasteiger partial charge < -0.3 is 10.4 Å². The minimum absolute atomic E-state index is 0.0365. The van der Waals surface area contributed by atoms with Crippen LogP contribution in [0.15, 0.2) is 0 Å². The maximum Gasteiger partial charge on any atom is 0.303 e. The summed E-state index contributed by atoms with van der Waals surface area (Å²) in [5.41, 5.74) is 2.94. The summed E-state index contributed by atoms with van der Waals surface area (Å²) in [6, 6.07) is 0. The normalized spacial score (nSPS) is 11.0. The first-order valence-corrected chi connectivity index (χ1v) is 7.82. The summed E-state index contributed by atoms with van der Waals surface area (Å²) < 4.78 is 1.97. The molecule has 0 saturated carbocycles. The first kappa shape index (κ1) is 18.2. The molecular formula is C16H27N3O3. The average molecular weight is 309 g/mol. The van der Waals surface area contributed by atoms with Crippen LogP contribution in [0, 0.1) is 19.8 Å². The van der Waals surface area contributed by atoms with Gasteiger partial charge in [-0.2, -0.15) is 5.10 Å². The van der Waals surface area contributed by atoms with E-state index in [0.29, 0.717) is 31.7 Å². The Morgan fingerprint density at radius 2 is 1.95 bits per heavy atom. The molecule has 0 aliphatic carbocycles. The van der Waals surface area contributed by atoms with Gasteiger partial charge >= 0.3 is 5.97 Å². The van der Waals surface area contributed by atoms with Crippen LogP contribution < -0.4 is 5.32 Å². The number of rotatable bonds is 9. The van der Waals surface area contributed by atoms with E-state index in [1.807, 2.05) is 18.5 Å². The number of carboxylic acid groups (broad SMARTS) is 1. The highest BCUT2D eigenvalue weighted by molar-refractivity contribution is 5.79. The van der Waals surface area contributed by atoms with E-state index < -0.39 is 5.97 Å². The van der Waals surface area contributed by atoms with Gasteiger partial charge in [-0.1, -0.05) is 13.8 Å². The SMILES string of the molecule is Cc1nn(CC(C)C)c(C)c1CC(=O)NCCCCC(=O)O. The van der Waals surface area contributed by atoms with Crippen molar-refractivity contribution in [2.24, 2.45) is 5.92 Å². The number of carbonyl (C=O) groups is 2. The second kappa shape index (κ2) is 8.56. The predicted octanol–water partition coefficient (Wildman–Crippen LogP) is 2.07. The van der Waals surface area contributed by atoms with Gasteiger partial charge in [0.25, 0.3) is 0 Å². The van der Waals surface area contributed by atoms with Crippen molar-refractivity contribution in [2.45, 2.75) is 59.9 Å². The van der Waals surface area contributed by atoms with Crippen LogP contribution in [-0.4, -0.2) is 33.3 Å². The number of nitrogens with zero attached hydrogens (tertiary/aromatic N) is 2. The third-order valence-corrected chi connectivity index (χ3v) is 3.55. The number of aromatic nitrogens is 2. The Kier molecular flexibility index (Phi) is 7.08. The minimum atomic E-state index is -0.796.